The second-order valence-corrected chi connectivity index (χ2v) is 5.39. The Hall–Kier alpha value is -3.08. The number of aryl methyl sites for hydroxylation is 1. The van der Waals surface area contributed by atoms with Gasteiger partial charge < -0.3 is 5.32 Å². The molecule has 1 amide bonds. The number of pyridine rings is 2. The molecule has 1 aromatic carbocycles. The number of rotatable bonds is 4. The van der Waals surface area contributed by atoms with Crippen molar-refractivity contribution >= 4 is 5.91 Å². The average molecular weight is 321 g/mol. The molecule has 2 heterocycles. The van der Waals surface area contributed by atoms with Crippen molar-refractivity contribution in [2.45, 2.75) is 13.5 Å². The van der Waals surface area contributed by atoms with Crippen LogP contribution in [0, 0.1) is 12.7 Å². The van der Waals surface area contributed by atoms with Gasteiger partial charge in [-0.2, -0.15) is 0 Å². The van der Waals surface area contributed by atoms with Crippen LogP contribution in [0.3, 0.4) is 0 Å². The Kier molecular flexibility index (Phi) is 4.61. The third-order valence-electron chi connectivity index (χ3n) is 3.72. The molecule has 0 saturated heterocycles. The summed E-state index contributed by atoms with van der Waals surface area (Å²) in [7, 11) is 0. The van der Waals surface area contributed by atoms with Gasteiger partial charge in [0.2, 0.25) is 0 Å². The van der Waals surface area contributed by atoms with Gasteiger partial charge in [0.25, 0.3) is 5.91 Å². The van der Waals surface area contributed by atoms with Crippen molar-refractivity contribution in [1.82, 2.24) is 15.3 Å². The lowest BCUT2D eigenvalue weighted by Crippen LogP contribution is -2.23. The number of carbonyl (C=O) groups is 1. The molecule has 5 heteroatoms. The van der Waals surface area contributed by atoms with Crippen LogP contribution in [-0.2, 0) is 6.54 Å². The first kappa shape index (κ1) is 15.8. The van der Waals surface area contributed by atoms with E-state index in [1.807, 2.05) is 24.3 Å². The Bertz CT molecular complexity index is 865. The van der Waals surface area contributed by atoms with Crippen molar-refractivity contribution in [3.8, 4) is 11.3 Å². The van der Waals surface area contributed by atoms with E-state index in [2.05, 4.69) is 15.3 Å². The molecule has 0 aliphatic carbocycles. The second kappa shape index (κ2) is 7.00. The molecule has 3 rings (SSSR count). The zero-order valence-corrected chi connectivity index (χ0v) is 13.2. The summed E-state index contributed by atoms with van der Waals surface area (Å²) in [6.07, 6.45) is 5.10. The zero-order valence-electron chi connectivity index (χ0n) is 13.2. The molecule has 2 aromatic heterocycles. The number of nitrogens with one attached hydrogen (secondary N) is 1. The largest absolute Gasteiger partial charge is 0.348 e. The highest BCUT2D eigenvalue weighted by molar-refractivity contribution is 5.94. The second-order valence-electron chi connectivity index (χ2n) is 5.39. The first-order chi connectivity index (χ1) is 11.6. The first-order valence-electron chi connectivity index (χ1n) is 7.54. The number of aromatic nitrogens is 2. The number of carbonyl (C=O) groups excluding carboxylic acids is 1. The number of hydrogen-bond acceptors (Lipinski definition) is 3. The lowest BCUT2D eigenvalue weighted by Gasteiger charge is -2.10. The monoisotopic (exact) mass is 321 g/mol. The molecule has 120 valence electrons. The minimum Gasteiger partial charge on any atom is -0.348 e. The third-order valence-corrected chi connectivity index (χ3v) is 3.72. The van der Waals surface area contributed by atoms with E-state index in [9.17, 15) is 9.18 Å². The predicted molar refractivity (Wildman–Crippen MR) is 89.8 cm³/mol. The number of amides is 1. The van der Waals surface area contributed by atoms with Crippen molar-refractivity contribution in [1.29, 1.82) is 0 Å². The van der Waals surface area contributed by atoms with Crippen molar-refractivity contribution in [2.75, 3.05) is 0 Å². The van der Waals surface area contributed by atoms with E-state index in [0.29, 0.717) is 17.7 Å². The molecule has 0 radical (unpaired) electrons. The van der Waals surface area contributed by atoms with Crippen molar-refractivity contribution in [3.05, 3.63) is 83.6 Å². The third kappa shape index (κ3) is 3.46. The maximum absolute atomic E-state index is 13.6. The molecule has 0 aliphatic rings. The maximum atomic E-state index is 13.6. The smallest absolute Gasteiger partial charge is 0.251 e. The van der Waals surface area contributed by atoms with Crippen molar-refractivity contribution in [3.63, 3.8) is 0 Å². The van der Waals surface area contributed by atoms with Gasteiger partial charge in [0, 0.05) is 36.3 Å². The van der Waals surface area contributed by atoms with E-state index in [1.54, 1.807) is 37.6 Å². The van der Waals surface area contributed by atoms with Crippen LogP contribution in [-0.4, -0.2) is 15.9 Å². The van der Waals surface area contributed by atoms with Gasteiger partial charge in [0.15, 0.2) is 0 Å². The number of halogens is 1. The zero-order chi connectivity index (χ0) is 16.9. The van der Waals surface area contributed by atoms with Crippen molar-refractivity contribution in [2.24, 2.45) is 0 Å². The van der Waals surface area contributed by atoms with Gasteiger partial charge in [-0.1, -0.05) is 12.1 Å². The highest BCUT2D eigenvalue weighted by Gasteiger charge is 2.10. The van der Waals surface area contributed by atoms with Gasteiger partial charge in [-0.3, -0.25) is 14.8 Å². The Balaban J connectivity index is 1.77. The highest BCUT2D eigenvalue weighted by atomic mass is 19.1. The van der Waals surface area contributed by atoms with E-state index < -0.39 is 0 Å². The molecule has 1 N–H and O–H groups in total. The molecular weight excluding hydrogens is 305 g/mol. The minimum absolute atomic E-state index is 0.299. The number of benzene rings is 1. The summed E-state index contributed by atoms with van der Waals surface area (Å²) < 4.78 is 13.6. The molecule has 0 fully saturated rings. The highest BCUT2D eigenvalue weighted by Crippen LogP contribution is 2.20. The summed E-state index contributed by atoms with van der Waals surface area (Å²) in [6.45, 7) is 1.97. The van der Waals surface area contributed by atoms with E-state index in [0.717, 1.165) is 16.8 Å². The minimum atomic E-state index is -0.387. The van der Waals surface area contributed by atoms with Gasteiger partial charge >= 0.3 is 0 Å². The van der Waals surface area contributed by atoms with E-state index in [-0.39, 0.29) is 11.7 Å². The Morgan fingerprint density at radius 2 is 1.92 bits per heavy atom. The summed E-state index contributed by atoms with van der Waals surface area (Å²) in [4.78, 5) is 20.6. The summed E-state index contributed by atoms with van der Waals surface area (Å²) in [5.41, 5.74) is 3.40. The molecule has 0 aliphatic heterocycles. The molecular formula is C19H16FN3O. The maximum Gasteiger partial charge on any atom is 0.251 e. The van der Waals surface area contributed by atoms with E-state index >= 15 is 0 Å². The molecule has 3 aromatic rings. The Morgan fingerprint density at radius 3 is 2.67 bits per heavy atom. The number of hydrogen-bond donors (Lipinski definition) is 1. The first-order valence-corrected chi connectivity index (χ1v) is 7.54. The fraction of sp³-hybridized carbons (Fsp3) is 0.105. The normalized spacial score (nSPS) is 10.4. The summed E-state index contributed by atoms with van der Waals surface area (Å²) in [5.74, 6) is -0.708. The average Bonchev–Trinajstić information content (AvgIpc) is 2.63. The van der Waals surface area contributed by atoms with Gasteiger partial charge in [-0.15, -0.1) is 0 Å². The molecule has 0 atom stereocenters. The predicted octanol–water partition coefficient (Wildman–Crippen LogP) is 3.52. The standard InChI is InChI=1S/C19H16FN3O/c1-13-4-5-15(11-17(13)20)19(24)23-12-16-3-2-8-22-18(16)14-6-9-21-10-7-14/h2-11H,12H2,1H3,(H,23,24). The lowest BCUT2D eigenvalue weighted by atomic mass is 10.1. The lowest BCUT2D eigenvalue weighted by molar-refractivity contribution is 0.0950. The summed E-state index contributed by atoms with van der Waals surface area (Å²) in [5, 5.41) is 2.81. The van der Waals surface area contributed by atoms with Crippen LogP contribution in [0.5, 0.6) is 0 Å². The topological polar surface area (TPSA) is 54.9 Å². The SMILES string of the molecule is Cc1ccc(C(=O)NCc2cccnc2-c2ccncc2)cc1F. The van der Waals surface area contributed by atoms with Crippen LogP contribution in [0.4, 0.5) is 4.39 Å². The summed E-state index contributed by atoms with van der Waals surface area (Å²) >= 11 is 0. The van der Waals surface area contributed by atoms with Crippen LogP contribution in [0.2, 0.25) is 0 Å². The number of nitrogens with zero attached hydrogens (tertiary/aromatic N) is 2. The van der Waals surface area contributed by atoms with Crippen LogP contribution >= 0.6 is 0 Å². The molecule has 0 saturated carbocycles. The van der Waals surface area contributed by atoms with Crippen LogP contribution in [0.25, 0.3) is 11.3 Å². The molecule has 0 bridgehead atoms. The van der Waals surface area contributed by atoms with Crippen molar-refractivity contribution < 1.29 is 9.18 Å². The van der Waals surface area contributed by atoms with Crippen LogP contribution in [0.1, 0.15) is 21.5 Å². The fourth-order valence-electron chi connectivity index (χ4n) is 2.36. The Morgan fingerprint density at radius 1 is 1.12 bits per heavy atom. The van der Waals surface area contributed by atoms with Crippen LogP contribution < -0.4 is 5.32 Å². The fourth-order valence-corrected chi connectivity index (χ4v) is 2.36. The Labute approximate surface area is 139 Å². The van der Waals surface area contributed by atoms with Gasteiger partial charge in [-0.25, -0.2) is 4.39 Å². The quantitative estimate of drug-likeness (QED) is 0.800. The van der Waals surface area contributed by atoms with E-state index in [1.165, 1.54) is 6.07 Å². The van der Waals surface area contributed by atoms with Crippen LogP contribution in [0.15, 0.2) is 61.1 Å². The summed E-state index contributed by atoms with van der Waals surface area (Å²) in [6, 6.07) is 11.9. The van der Waals surface area contributed by atoms with Gasteiger partial charge in [0.1, 0.15) is 5.82 Å². The molecule has 0 spiro atoms. The van der Waals surface area contributed by atoms with E-state index in [4.69, 9.17) is 0 Å². The molecule has 4 nitrogen and oxygen atoms in total. The molecule has 0 unspecified atom stereocenters. The molecule has 24 heavy (non-hydrogen) atoms. The van der Waals surface area contributed by atoms with Gasteiger partial charge in [-0.05, 0) is 48.4 Å². The van der Waals surface area contributed by atoms with Gasteiger partial charge in [0.05, 0.1) is 5.69 Å².